The molecular formula is C16H25NO3S. The van der Waals surface area contributed by atoms with Crippen LogP contribution in [0.5, 0.6) is 0 Å². The summed E-state index contributed by atoms with van der Waals surface area (Å²) in [7, 11) is 1.46. The standard InChI is InChI=1S/C16H25NO3S/c1-12-14(8-10-20-12)21-11-5-4-9-16(2,15(18)19-3)17-13-6-7-13/h8,10,13,17H,4-7,9,11H2,1-3H3. The molecule has 1 fully saturated rings. The fraction of sp³-hybridized carbons (Fsp3) is 0.688. The van der Waals surface area contributed by atoms with Gasteiger partial charge in [-0.25, -0.2) is 0 Å². The van der Waals surface area contributed by atoms with Crippen LogP contribution in [0.2, 0.25) is 0 Å². The second-order valence-corrected chi connectivity index (χ2v) is 7.03. The Morgan fingerprint density at radius 3 is 2.86 bits per heavy atom. The Hall–Kier alpha value is -0.940. The molecule has 1 aromatic heterocycles. The predicted octanol–water partition coefficient (Wildman–Crippen LogP) is 3.53. The molecule has 0 radical (unpaired) electrons. The van der Waals surface area contributed by atoms with E-state index in [1.54, 1.807) is 6.26 Å². The van der Waals surface area contributed by atoms with Crippen molar-refractivity contribution in [2.24, 2.45) is 0 Å². The van der Waals surface area contributed by atoms with E-state index in [0.717, 1.165) is 30.8 Å². The third kappa shape index (κ3) is 4.78. The first-order valence-electron chi connectivity index (χ1n) is 7.58. The third-order valence-electron chi connectivity index (χ3n) is 3.88. The Balaban J connectivity index is 1.71. The monoisotopic (exact) mass is 311 g/mol. The van der Waals surface area contributed by atoms with Gasteiger partial charge < -0.3 is 9.15 Å². The molecule has 1 unspecified atom stereocenters. The van der Waals surface area contributed by atoms with Gasteiger partial charge in [0.1, 0.15) is 11.3 Å². The van der Waals surface area contributed by atoms with Crippen molar-refractivity contribution in [2.75, 3.05) is 12.9 Å². The number of carbonyl (C=O) groups excluding carboxylic acids is 1. The highest BCUT2D eigenvalue weighted by atomic mass is 32.2. The van der Waals surface area contributed by atoms with Gasteiger partial charge in [0.25, 0.3) is 0 Å². The first kappa shape index (κ1) is 16.4. The van der Waals surface area contributed by atoms with Gasteiger partial charge >= 0.3 is 5.97 Å². The maximum absolute atomic E-state index is 12.0. The minimum absolute atomic E-state index is 0.146. The van der Waals surface area contributed by atoms with E-state index in [1.807, 2.05) is 31.7 Å². The van der Waals surface area contributed by atoms with E-state index in [4.69, 9.17) is 9.15 Å². The summed E-state index contributed by atoms with van der Waals surface area (Å²) < 4.78 is 10.2. The van der Waals surface area contributed by atoms with Crippen LogP contribution in [0, 0.1) is 6.92 Å². The molecule has 5 heteroatoms. The van der Waals surface area contributed by atoms with E-state index in [-0.39, 0.29) is 5.97 Å². The number of hydrogen-bond acceptors (Lipinski definition) is 5. The lowest BCUT2D eigenvalue weighted by Crippen LogP contribution is -2.51. The topological polar surface area (TPSA) is 51.5 Å². The van der Waals surface area contributed by atoms with E-state index in [1.165, 1.54) is 24.8 Å². The highest BCUT2D eigenvalue weighted by Gasteiger charge is 2.38. The Labute approximate surface area is 131 Å². The van der Waals surface area contributed by atoms with Crippen LogP contribution in [-0.2, 0) is 9.53 Å². The number of methoxy groups -OCH3 is 1. The van der Waals surface area contributed by atoms with Crippen molar-refractivity contribution in [3.8, 4) is 0 Å². The predicted molar refractivity (Wildman–Crippen MR) is 84.6 cm³/mol. The highest BCUT2D eigenvalue weighted by Crippen LogP contribution is 2.28. The minimum Gasteiger partial charge on any atom is -0.468 e. The Kier molecular flexibility index (Phi) is 5.76. The molecule has 1 aromatic rings. The normalized spacial score (nSPS) is 17.5. The lowest BCUT2D eigenvalue weighted by atomic mass is 9.95. The summed E-state index contributed by atoms with van der Waals surface area (Å²) in [6.45, 7) is 3.95. The van der Waals surface area contributed by atoms with Crippen LogP contribution >= 0.6 is 11.8 Å². The van der Waals surface area contributed by atoms with Gasteiger partial charge in [0.05, 0.1) is 13.4 Å². The number of aryl methyl sites for hydroxylation is 1. The van der Waals surface area contributed by atoms with Gasteiger partial charge in [-0.2, -0.15) is 0 Å². The molecule has 1 atom stereocenters. The number of thioether (sulfide) groups is 1. The molecule has 1 saturated carbocycles. The third-order valence-corrected chi connectivity index (χ3v) is 5.10. The van der Waals surface area contributed by atoms with E-state index < -0.39 is 5.54 Å². The smallest absolute Gasteiger partial charge is 0.325 e. The van der Waals surface area contributed by atoms with Gasteiger partial charge in [0.15, 0.2) is 0 Å². The average molecular weight is 311 g/mol. The van der Waals surface area contributed by atoms with Crippen molar-refractivity contribution in [3.63, 3.8) is 0 Å². The summed E-state index contributed by atoms with van der Waals surface area (Å²) in [4.78, 5) is 13.2. The largest absolute Gasteiger partial charge is 0.468 e. The first-order chi connectivity index (χ1) is 10.0. The second-order valence-electron chi connectivity index (χ2n) is 5.89. The minimum atomic E-state index is -0.536. The number of nitrogens with one attached hydrogen (secondary N) is 1. The summed E-state index contributed by atoms with van der Waals surface area (Å²) in [6, 6.07) is 2.50. The van der Waals surface area contributed by atoms with E-state index in [2.05, 4.69) is 5.32 Å². The molecule has 2 rings (SSSR count). The molecule has 1 N–H and O–H groups in total. The highest BCUT2D eigenvalue weighted by molar-refractivity contribution is 7.99. The Morgan fingerprint density at radius 1 is 1.52 bits per heavy atom. The zero-order valence-electron chi connectivity index (χ0n) is 13.1. The van der Waals surface area contributed by atoms with Crippen molar-refractivity contribution in [3.05, 3.63) is 18.1 Å². The number of esters is 1. The van der Waals surface area contributed by atoms with Gasteiger partial charge in [-0.05, 0) is 51.3 Å². The fourth-order valence-corrected chi connectivity index (χ4v) is 3.39. The molecule has 1 aliphatic carbocycles. The molecule has 1 heterocycles. The number of ether oxygens (including phenoxy) is 1. The zero-order valence-corrected chi connectivity index (χ0v) is 13.9. The van der Waals surface area contributed by atoms with Crippen molar-refractivity contribution >= 4 is 17.7 Å². The molecule has 0 bridgehead atoms. The average Bonchev–Trinajstić information content (AvgIpc) is 3.18. The quantitative estimate of drug-likeness (QED) is 0.429. The summed E-state index contributed by atoms with van der Waals surface area (Å²) in [5, 5.41) is 3.44. The Morgan fingerprint density at radius 2 is 2.29 bits per heavy atom. The van der Waals surface area contributed by atoms with E-state index >= 15 is 0 Å². The summed E-state index contributed by atoms with van der Waals surface area (Å²) in [6.07, 6.45) is 6.97. The summed E-state index contributed by atoms with van der Waals surface area (Å²) >= 11 is 1.81. The maximum atomic E-state index is 12.0. The molecule has 1 aliphatic rings. The van der Waals surface area contributed by atoms with Gasteiger partial charge in [0, 0.05) is 10.9 Å². The Bertz CT molecular complexity index is 470. The first-order valence-corrected chi connectivity index (χ1v) is 8.57. The van der Waals surface area contributed by atoms with Crippen LogP contribution in [0.15, 0.2) is 21.6 Å². The number of hydrogen-bond donors (Lipinski definition) is 1. The maximum Gasteiger partial charge on any atom is 0.325 e. The van der Waals surface area contributed by atoms with Crippen molar-refractivity contribution in [1.29, 1.82) is 0 Å². The summed E-state index contributed by atoms with van der Waals surface area (Å²) in [5.41, 5.74) is -0.536. The lowest BCUT2D eigenvalue weighted by molar-refractivity contribution is -0.148. The SMILES string of the molecule is COC(=O)C(C)(CCCCSc1ccoc1C)NC1CC1. The van der Waals surface area contributed by atoms with Crippen LogP contribution in [0.3, 0.4) is 0 Å². The zero-order chi connectivity index (χ0) is 15.3. The number of rotatable bonds is 9. The number of unbranched alkanes of at least 4 members (excludes halogenated alkanes) is 1. The molecular weight excluding hydrogens is 286 g/mol. The van der Waals surface area contributed by atoms with Gasteiger partial charge in [0.2, 0.25) is 0 Å². The molecule has 4 nitrogen and oxygen atoms in total. The van der Waals surface area contributed by atoms with Gasteiger partial charge in [-0.15, -0.1) is 11.8 Å². The van der Waals surface area contributed by atoms with Crippen LogP contribution in [0.1, 0.15) is 44.8 Å². The van der Waals surface area contributed by atoms with Crippen molar-refractivity contribution in [2.45, 2.75) is 62.4 Å². The lowest BCUT2D eigenvalue weighted by Gasteiger charge is -2.28. The fourth-order valence-electron chi connectivity index (χ4n) is 2.42. The molecule has 0 spiro atoms. The number of furan rings is 1. The number of carbonyl (C=O) groups is 1. The molecule has 0 amide bonds. The van der Waals surface area contributed by atoms with Crippen molar-refractivity contribution < 1.29 is 13.9 Å². The van der Waals surface area contributed by atoms with Crippen LogP contribution in [0.25, 0.3) is 0 Å². The van der Waals surface area contributed by atoms with Crippen molar-refractivity contribution in [1.82, 2.24) is 5.32 Å². The molecule has 118 valence electrons. The molecule has 0 aliphatic heterocycles. The molecule has 0 saturated heterocycles. The molecule has 0 aromatic carbocycles. The van der Waals surface area contributed by atoms with Crippen LogP contribution < -0.4 is 5.32 Å². The summed E-state index contributed by atoms with van der Waals surface area (Å²) in [5.74, 6) is 1.88. The van der Waals surface area contributed by atoms with Gasteiger partial charge in [-0.1, -0.05) is 6.42 Å². The van der Waals surface area contributed by atoms with Crippen LogP contribution in [-0.4, -0.2) is 30.4 Å². The van der Waals surface area contributed by atoms with Gasteiger partial charge in [-0.3, -0.25) is 10.1 Å². The second kappa shape index (κ2) is 7.36. The molecule has 21 heavy (non-hydrogen) atoms. The van der Waals surface area contributed by atoms with E-state index in [9.17, 15) is 4.79 Å². The van der Waals surface area contributed by atoms with E-state index in [0.29, 0.717) is 6.04 Å². The van der Waals surface area contributed by atoms with Crippen LogP contribution in [0.4, 0.5) is 0 Å².